The van der Waals surface area contributed by atoms with Gasteiger partial charge in [-0.05, 0) is 6.07 Å². The second-order valence-electron chi connectivity index (χ2n) is 3.25. The van der Waals surface area contributed by atoms with Crippen molar-refractivity contribution in [2.75, 3.05) is 13.1 Å². The Morgan fingerprint density at radius 3 is 2.79 bits per heavy atom. The van der Waals surface area contributed by atoms with Crippen LogP contribution in [0.2, 0.25) is 0 Å². The molecule has 0 saturated heterocycles. The standard InChI is InChI=1S/C10H12N2O2/c11-5-6-12-9(13)7-3-1-2-4-8(7)10(12)14/h1-4,9,13H,5-6,11H2. The van der Waals surface area contributed by atoms with Crippen LogP contribution >= 0.6 is 0 Å². The molecule has 74 valence electrons. The molecule has 1 heterocycles. The molecular weight excluding hydrogens is 180 g/mol. The van der Waals surface area contributed by atoms with E-state index in [1.54, 1.807) is 24.3 Å². The quantitative estimate of drug-likeness (QED) is 0.698. The van der Waals surface area contributed by atoms with Gasteiger partial charge in [-0.2, -0.15) is 0 Å². The van der Waals surface area contributed by atoms with Crippen LogP contribution in [0.5, 0.6) is 0 Å². The monoisotopic (exact) mass is 192 g/mol. The first-order chi connectivity index (χ1) is 6.75. The van der Waals surface area contributed by atoms with Gasteiger partial charge in [-0.3, -0.25) is 4.79 Å². The highest BCUT2D eigenvalue weighted by atomic mass is 16.3. The van der Waals surface area contributed by atoms with E-state index < -0.39 is 6.23 Å². The van der Waals surface area contributed by atoms with E-state index in [9.17, 15) is 9.90 Å². The van der Waals surface area contributed by atoms with Crippen LogP contribution in [0.4, 0.5) is 0 Å². The number of hydrogen-bond acceptors (Lipinski definition) is 3. The predicted octanol–water partition coefficient (Wildman–Crippen LogP) is 0.0920. The largest absolute Gasteiger partial charge is 0.369 e. The summed E-state index contributed by atoms with van der Waals surface area (Å²) in [7, 11) is 0. The van der Waals surface area contributed by atoms with E-state index in [1.165, 1.54) is 4.90 Å². The number of amides is 1. The van der Waals surface area contributed by atoms with E-state index in [0.29, 0.717) is 24.2 Å². The molecule has 0 bridgehead atoms. The van der Waals surface area contributed by atoms with Crippen molar-refractivity contribution in [1.29, 1.82) is 0 Å². The van der Waals surface area contributed by atoms with E-state index in [0.717, 1.165) is 0 Å². The third-order valence-corrected chi connectivity index (χ3v) is 2.40. The van der Waals surface area contributed by atoms with Crippen LogP contribution in [-0.4, -0.2) is 29.0 Å². The molecule has 1 aliphatic heterocycles. The van der Waals surface area contributed by atoms with Gasteiger partial charge in [0.15, 0.2) is 6.23 Å². The van der Waals surface area contributed by atoms with Gasteiger partial charge in [0.1, 0.15) is 0 Å². The van der Waals surface area contributed by atoms with E-state index in [2.05, 4.69) is 0 Å². The molecule has 1 amide bonds. The Balaban J connectivity index is 2.38. The Labute approximate surface area is 81.9 Å². The minimum Gasteiger partial charge on any atom is -0.369 e. The SMILES string of the molecule is NCCN1C(=O)c2ccccc2C1O. The number of carbonyl (C=O) groups is 1. The summed E-state index contributed by atoms with van der Waals surface area (Å²) in [6, 6.07) is 7.07. The minimum absolute atomic E-state index is 0.140. The van der Waals surface area contributed by atoms with E-state index in [-0.39, 0.29) is 5.91 Å². The number of rotatable bonds is 2. The summed E-state index contributed by atoms with van der Waals surface area (Å²) >= 11 is 0. The Hall–Kier alpha value is -1.39. The summed E-state index contributed by atoms with van der Waals surface area (Å²) < 4.78 is 0. The van der Waals surface area contributed by atoms with Crippen molar-refractivity contribution < 1.29 is 9.90 Å². The Morgan fingerprint density at radius 2 is 2.14 bits per heavy atom. The lowest BCUT2D eigenvalue weighted by Gasteiger charge is -2.19. The summed E-state index contributed by atoms with van der Waals surface area (Å²) in [6.45, 7) is 0.742. The molecule has 1 aromatic rings. The average Bonchev–Trinajstić information content (AvgIpc) is 2.45. The first-order valence-electron chi connectivity index (χ1n) is 4.53. The molecule has 0 aromatic heterocycles. The van der Waals surface area contributed by atoms with Gasteiger partial charge in [-0.15, -0.1) is 0 Å². The fourth-order valence-corrected chi connectivity index (χ4v) is 1.71. The summed E-state index contributed by atoms with van der Waals surface area (Å²) in [4.78, 5) is 13.1. The molecule has 0 aliphatic carbocycles. The van der Waals surface area contributed by atoms with Crippen LogP contribution < -0.4 is 5.73 Å². The number of carbonyl (C=O) groups excluding carboxylic acids is 1. The molecule has 4 heteroatoms. The zero-order chi connectivity index (χ0) is 10.1. The Kier molecular flexibility index (Phi) is 2.23. The van der Waals surface area contributed by atoms with Crippen LogP contribution in [0.15, 0.2) is 24.3 Å². The van der Waals surface area contributed by atoms with Crippen LogP contribution in [0.25, 0.3) is 0 Å². The average molecular weight is 192 g/mol. The molecule has 0 radical (unpaired) electrons. The number of fused-ring (bicyclic) bond motifs is 1. The van der Waals surface area contributed by atoms with Gasteiger partial charge in [0.05, 0.1) is 0 Å². The molecule has 3 N–H and O–H groups in total. The maximum Gasteiger partial charge on any atom is 0.256 e. The van der Waals surface area contributed by atoms with E-state index >= 15 is 0 Å². The minimum atomic E-state index is -0.831. The van der Waals surface area contributed by atoms with Crippen LogP contribution in [0.1, 0.15) is 22.1 Å². The first kappa shape index (κ1) is 9.18. The normalized spacial score (nSPS) is 20.0. The van der Waals surface area contributed by atoms with Crippen molar-refractivity contribution in [2.24, 2.45) is 5.73 Å². The number of nitrogens with zero attached hydrogens (tertiary/aromatic N) is 1. The maximum absolute atomic E-state index is 11.7. The molecule has 0 fully saturated rings. The molecule has 14 heavy (non-hydrogen) atoms. The summed E-state index contributed by atoms with van der Waals surface area (Å²) in [5, 5.41) is 9.79. The van der Waals surface area contributed by atoms with Gasteiger partial charge >= 0.3 is 0 Å². The molecule has 1 aliphatic rings. The number of aliphatic hydroxyl groups is 1. The van der Waals surface area contributed by atoms with Gasteiger partial charge in [0.2, 0.25) is 0 Å². The molecule has 1 atom stereocenters. The number of benzene rings is 1. The number of hydrogen-bond donors (Lipinski definition) is 2. The summed E-state index contributed by atoms with van der Waals surface area (Å²) in [6.07, 6.45) is -0.831. The van der Waals surface area contributed by atoms with Crippen molar-refractivity contribution >= 4 is 5.91 Å². The summed E-state index contributed by atoms with van der Waals surface area (Å²) in [5.74, 6) is -0.140. The highest BCUT2D eigenvalue weighted by Gasteiger charge is 2.34. The zero-order valence-corrected chi connectivity index (χ0v) is 7.68. The van der Waals surface area contributed by atoms with E-state index in [1.807, 2.05) is 0 Å². The topological polar surface area (TPSA) is 66.6 Å². The zero-order valence-electron chi connectivity index (χ0n) is 7.68. The van der Waals surface area contributed by atoms with E-state index in [4.69, 9.17) is 5.73 Å². The van der Waals surface area contributed by atoms with Crippen molar-refractivity contribution in [3.63, 3.8) is 0 Å². The Morgan fingerprint density at radius 1 is 1.43 bits per heavy atom. The highest BCUT2D eigenvalue weighted by Crippen LogP contribution is 2.30. The first-order valence-corrected chi connectivity index (χ1v) is 4.53. The number of nitrogens with two attached hydrogens (primary N) is 1. The molecule has 1 unspecified atom stereocenters. The van der Waals surface area contributed by atoms with Gasteiger partial charge < -0.3 is 15.7 Å². The second-order valence-corrected chi connectivity index (χ2v) is 3.25. The lowest BCUT2D eigenvalue weighted by atomic mass is 10.1. The molecule has 0 spiro atoms. The van der Waals surface area contributed by atoms with Crippen molar-refractivity contribution in [3.8, 4) is 0 Å². The van der Waals surface area contributed by atoms with Gasteiger partial charge in [0.25, 0.3) is 5.91 Å². The molecule has 1 aromatic carbocycles. The van der Waals surface area contributed by atoms with Crippen LogP contribution in [0.3, 0.4) is 0 Å². The maximum atomic E-state index is 11.7. The Bertz CT molecular complexity index is 365. The molecular formula is C10H12N2O2. The fourth-order valence-electron chi connectivity index (χ4n) is 1.71. The predicted molar refractivity (Wildman–Crippen MR) is 51.5 cm³/mol. The van der Waals surface area contributed by atoms with Gasteiger partial charge in [-0.1, -0.05) is 18.2 Å². The fraction of sp³-hybridized carbons (Fsp3) is 0.300. The highest BCUT2D eigenvalue weighted by molar-refractivity contribution is 5.98. The lowest BCUT2D eigenvalue weighted by Crippen LogP contribution is -2.32. The molecule has 0 saturated carbocycles. The summed E-state index contributed by atoms with van der Waals surface area (Å²) in [5.41, 5.74) is 6.61. The number of aliphatic hydroxyl groups excluding tert-OH is 1. The van der Waals surface area contributed by atoms with Gasteiger partial charge in [-0.25, -0.2) is 0 Å². The van der Waals surface area contributed by atoms with Crippen molar-refractivity contribution in [1.82, 2.24) is 4.90 Å². The van der Waals surface area contributed by atoms with Crippen molar-refractivity contribution in [3.05, 3.63) is 35.4 Å². The molecule has 4 nitrogen and oxygen atoms in total. The van der Waals surface area contributed by atoms with Crippen LogP contribution in [0, 0.1) is 0 Å². The molecule has 2 rings (SSSR count). The van der Waals surface area contributed by atoms with Crippen LogP contribution in [-0.2, 0) is 0 Å². The third kappa shape index (κ3) is 1.20. The lowest BCUT2D eigenvalue weighted by molar-refractivity contribution is 0.0191. The second kappa shape index (κ2) is 3.40. The smallest absolute Gasteiger partial charge is 0.256 e. The van der Waals surface area contributed by atoms with Gasteiger partial charge in [0, 0.05) is 24.2 Å². The third-order valence-electron chi connectivity index (χ3n) is 2.40. The van der Waals surface area contributed by atoms with Crippen molar-refractivity contribution in [2.45, 2.75) is 6.23 Å².